The van der Waals surface area contributed by atoms with Crippen molar-refractivity contribution in [1.82, 2.24) is 40.4 Å². The monoisotopic (exact) mass is 864 g/mol. The fourth-order valence-corrected chi connectivity index (χ4v) is 8.96. The molecule has 4 N–H and O–H groups in total. The van der Waals surface area contributed by atoms with E-state index < -0.39 is 24.3 Å². The summed E-state index contributed by atoms with van der Waals surface area (Å²) in [6.07, 6.45) is 6.83. The lowest BCUT2D eigenvalue weighted by atomic mass is 10.00. The van der Waals surface area contributed by atoms with Crippen LogP contribution < -0.4 is 15.4 Å². The van der Waals surface area contributed by atoms with Crippen molar-refractivity contribution in [3.8, 4) is 34.0 Å². The van der Waals surface area contributed by atoms with Crippen LogP contribution in [0, 0.1) is 0 Å². The van der Waals surface area contributed by atoms with Crippen LogP contribution in [0.15, 0.2) is 109 Å². The van der Waals surface area contributed by atoms with Gasteiger partial charge in [-0.05, 0) is 97.2 Å². The first-order chi connectivity index (χ1) is 30.8. The van der Waals surface area contributed by atoms with Gasteiger partial charge in [0.1, 0.15) is 35.2 Å². The summed E-state index contributed by atoms with van der Waals surface area (Å²) in [6.45, 7) is 1.08. The summed E-state index contributed by atoms with van der Waals surface area (Å²) in [5.41, 5.74) is 7.03. The van der Waals surface area contributed by atoms with Gasteiger partial charge in [-0.3, -0.25) is 9.59 Å². The predicted octanol–water partition coefficient (Wildman–Crippen LogP) is 8.52. The van der Waals surface area contributed by atoms with Crippen molar-refractivity contribution >= 4 is 24.0 Å². The number of alkyl carbamates (subject to hydrolysis) is 2. The van der Waals surface area contributed by atoms with E-state index in [2.05, 4.69) is 32.7 Å². The molecule has 2 fully saturated rings. The number of ether oxygens (including phenoxy) is 3. The minimum Gasteiger partial charge on any atom is -0.457 e. The number of imidazole rings is 2. The highest BCUT2D eigenvalue weighted by atomic mass is 16.5. The van der Waals surface area contributed by atoms with Gasteiger partial charge in [0, 0.05) is 24.2 Å². The van der Waals surface area contributed by atoms with Crippen LogP contribution in [0.1, 0.15) is 91.2 Å². The molecule has 4 atom stereocenters. The Balaban J connectivity index is 0.00000560. The summed E-state index contributed by atoms with van der Waals surface area (Å²) in [5.74, 6) is 2.50. The Labute approximate surface area is 371 Å². The summed E-state index contributed by atoms with van der Waals surface area (Å²) in [5, 5.41) is 5.44. The second-order valence-electron chi connectivity index (χ2n) is 15.9. The van der Waals surface area contributed by atoms with E-state index in [4.69, 9.17) is 24.2 Å². The molecule has 2 aromatic heterocycles. The van der Waals surface area contributed by atoms with Gasteiger partial charge in [-0.1, -0.05) is 68.1 Å². The first kappa shape index (κ1) is 43.2. The van der Waals surface area contributed by atoms with Gasteiger partial charge < -0.3 is 44.6 Å². The lowest BCUT2D eigenvalue weighted by Crippen LogP contribution is -2.42. The molecule has 9 rings (SSSR count). The number of rotatable bonds is 10. The number of aromatic amines is 2. The number of nitrogens with one attached hydrogen (secondary N) is 4. The van der Waals surface area contributed by atoms with E-state index in [0.29, 0.717) is 35.9 Å². The summed E-state index contributed by atoms with van der Waals surface area (Å²) in [6, 6.07) is 28.2. The Morgan fingerprint density at radius 1 is 0.641 bits per heavy atom. The Hall–Kier alpha value is -7.42. The van der Waals surface area contributed by atoms with Crippen molar-refractivity contribution in [2.45, 2.75) is 70.1 Å². The molecule has 0 unspecified atom stereocenters. The van der Waals surface area contributed by atoms with Crippen molar-refractivity contribution in [3.63, 3.8) is 0 Å². The number of likely N-dealkylation sites (tertiary alicyclic amines) is 2. The smallest absolute Gasteiger partial charge is 0.407 e. The van der Waals surface area contributed by atoms with Crippen molar-refractivity contribution in [1.29, 1.82) is 0 Å². The van der Waals surface area contributed by atoms with Gasteiger partial charge in [0.05, 0.1) is 50.1 Å². The molecule has 5 heterocycles. The molecule has 15 nitrogen and oxygen atoms in total. The molecule has 0 bridgehead atoms. The van der Waals surface area contributed by atoms with Crippen LogP contribution in [0.2, 0.25) is 0 Å². The molecular weight excluding hydrogens is 813 g/mol. The molecule has 15 heteroatoms. The number of amides is 4. The normalized spacial score (nSPS) is 17.4. The molecule has 0 spiro atoms. The van der Waals surface area contributed by atoms with Gasteiger partial charge in [0.15, 0.2) is 0 Å². The average Bonchev–Trinajstić information content (AvgIpc) is 4.17. The number of H-pyrrole nitrogens is 2. The standard InChI is InChI=1S/C48H48N8O7.CH4/c1-61-47(59)53-41(29-11-5-3-6-12-29)45(57)55-23-9-15-37(55)43-49-27-35(51-43)31-19-21-39-33(25-31)17-18-34-26-32(20-22-40(34)63-39)36-28-50-44(52-36)38-16-10-24-56(38)46(58)42(54-48(60)62-2)30-13-7-4-8-14-30;/h3-8,11-14,19-22,25-28,37-38,41-42H,9-10,15-18,23-24H2,1-2H3,(H,49,51)(H,50,52)(H,53,59)(H,54,60);1H4/t37-,38-,41+,42+;/m0./s1. The largest absolute Gasteiger partial charge is 0.457 e. The minimum atomic E-state index is -0.895. The van der Waals surface area contributed by atoms with Crippen LogP contribution in [-0.2, 0) is 31.9 Å². The first-order valence-corrected chi connectivity index (χ1v) is 21.2. The maximum absolute atomic E-state index is 14.0. The lowest BCUT2D eigenvalue weighted by Gasteiger charge is -2.28. The first-order valence-electron chi connectivity index (χ1n) is 21.2. The molecule has 3 aliphatic rings. The summed E-state index contributed by atoms with van der Waals surface area (Å²) in [7, 11) is 2.56. The molecular formula is C49H52N8O7. The van der Waals surface area contributed by atoms with Gasteiger partial charge in [0.2, 0.25) is 0 Å². The van der Waals surface area contributed by atoms with Crippen LogP contribution in [0.5, 0.6) is 11.5 Å². The van der Waals surface area contributed by atoms with Gasteiger partial charge in [-0.25, -0.2) is 19.6 Å². The van der Waals surface area contributed by atoms with E-state index in [9.17, 15) is 19.2 Å². The number of nitrogens with zero attached hydrogens (tertiary/aromatic N) is 4. The third kappa shape index (κ3) is 8.78. The van der Waals surface area contributed by atoms with Gasteiger partial charge >= 0.3 is 12.2 Å². The highest BCUT2D eigenvalue weighted by Gasteiger charge is 2.38. The van der Waals surface area contributed by atoms with Crippen LogP contribution in [0.3, 0.4) is 0 Å². The van der Waals surface area contributed by atoms with Gasteiger partial charge in [0.25, 0.3) is 11.8 Å². The quantitative estimate of drug-likeness (QED) is 0.105. The molecule has 3 aliphatic heterocycles. The predicted molar refractivity (Wildman–Crippen MR) is 239 cm³/mol. The van der Waals surface area contributed by atoms with E-state index in [1.54, 1.807) is 22.2 Å². The van der Waals surface area contributed by atoms with E-state index in [1.165, 1.54) is 14.2 Å². The molecule has 0 radical (unpaired) electrons. The number of benzene rings is 4. The lowest BCUT2D eigenvalue weighted by molar-refractivity contribution is -0.135. The molecule has 2 saturated heterocycles. The van der Waals surface area contributed by atoms with Crippen molar-refractivity contribution in [2.75, 3.05) is 27.3 Å². The zero-order chi connectivity index (χ0) is 43.5. The summed E-state index contributed by atoms with van der Waals surface area (Å²) < 4.78 is 16.2. The third-order valence-corrected chi connectivity index (χ3v) is 12.2. The zero-order valence-electron chi connectivity index (χ0n) is 35.0. The molecule has 4 amide bonds. The van der Waals surface area contributed by atoms with E-state index in [0.717, 1.165) is 83.7 Å². The van der Waals surface area contributed by atoms with E-state index >= 15 is 0 Å². The van der Waals surface area contributed by atoms with Crippen molar-refractivity contribution < 1.29 is 33.4 Å². The molecule has 330 valence electrons. The number of hydrogen-bond acceptors (Lipinski definition) is 9. The van der Waals surface area contributed by atoms with E-state index in [1.807, 2.05) is 84.9 Å². The fourth-order valence-electron chi connectivity index (χ4n) is 8.96. The second kappa shape index (κ2) is 18.9. The Morgan fingerprint density at radius 2 is 1.06 bits per heavy atom. The number of aromatic nitrogens is 4. The van der Waals surface area contributed by atoms with Crippen LogP contribution in [-0.4, -0.2) is 81.0 Å². The fraction of sp³-hybridized carbons (Fsp3) is 0.306. The maximum atomic E-state index is 14.0. The van der Waals surface area contributed by atoms with Gasteiger partial charge in [-0.15, -0.1) is 0 Å². The third-order valence-electron chi connectivity index (χ3n) is 12.2. The average molecular weight is 865 g/mol. The summed E-state index contributed by atoms with van der Waals surface area (Å²) in [4.78, 5) is 72.6. The number of methoxy groups -OCH3 is 2. The highest BCUT2D eigenvalue weighted by molar-refractivity contribution is 5.88. The Bertz CT molecular complexity index is 2450. The Morgan fingerprint density at radius 3 is 1.47 bits per heavy atom. The highest BCUT2D eigenvalue weighted by Crippen LogP contribution is 2.40. The Kier molecular flexibility index (Phi) is 12.8. The van der Waals surface area contributed by atoms with Crippen molar-refractivity contribution in [3.05, 3.63) is 143 Å². The molecule has 64 heavy (non-hydrogen) atoms. The van der Waals surface area contributed by atoms with Crippen molar-refractivity contribution in [2.24, 2.45) is 0 Å². The van der Waals surface area contributed by atoms with Crippen LogP contribution >= 0.6 is 0 Å². The number of carbonyl (C=O) groups is 4. The molecule has 0 saturated carbocycles. The zero-order valence-corrected chi connectivity index (χ0v) is 35.0. The van der Waals surface area contributed by atoms with Gasteiger partial charge in [-0.2, -0.15) is 0 Å². The number of fused-ring (bicyclic) bond motifs is 2. The molecule has 0 aliphatic carbocycles. The minimum absolute atomic E-state index is 0. The number of aryl methyl sites for hydroxylation is 2. The van der Waals surface area contributed by atoms with E-state index in [-0.39, 0.29) is 31.3 Å². The maximum Gasteiger partial charge on any atom is 0.407 e. The van der Waals surface area contributed by atoms with Crippen LogP contribution in [0.25, 0.3) is 22.5 Å². The second-order valence-corrected chi connectivity index (χ2v) is 15.9. The molecule has 4 aromatic carbocycles. The van der Waals surface area contributed by atoms with Crippen LogP contribution in [0.4, 0.5) is 9.59 Å². The number of hydrogen-bond donors (Lipinski definition) is 4. The number of carbonyl (C=O) groups excluding carboxylic acids is 4. The summed E-state index contributed by atoms with van der Waals surface area (Å²) >= 11 is 0. The topological polar surface area (TPSA) is 184 Å². The SMILES string of the molecule is C.COC(=O)N[C@@H](C(=O)N1CCC[C@H]1c1ncc(-c2ccc3c(c2)CCc2cc(-c4cnc([C@@H]5CCCN5C(=O)[C@H](NC(=O)OC)c5ccccc5)[nH]4)ccc2O3)[nH]1)c1ccccc1. The molecule has 6 aromatic rings.